The van der Waals surface area contributed by atoms with Crippen LogP contribution in [0.2, 0.25) is 0 Å². The van der Waals surface area contributed by atoms with Crippen molar-refractivity contribution >= 4 is 33.1 Å². The van der Waals surface area contributed by atoms with Gasteiger partial charge in [-0.3, -0.25) is 0 Å². The predicted molar refractivity (Wildman–Crippen MR) is 25.7 cm³/mol. The molecule has 0 nitrogen and oxygen atoms in total. The molecule has 4 heavy (non-hydrogen) atoms. The van der Waals surface area contributed by atoms with Crippen LogP contribution >= 0.6 is 12.6 Å². The van der Waals surface area contributed by atoms with Crippen molar-refractivity contribution in [2.45, 2.75) is 0 Å². The fraction of sp³-hybridized carbons (Fsp3) is 0.500. The molecule has 0 aromatic heterocycles. The topological polar surface area (TPSA) is 0 Å². The molecule has 0 saturated heterocycles. The van der Waals surface area contributed by atoms with Crippen molar-refractivity contribution in [2.75, 3.05) is 5.75 Å². The van der Waals surface area contributed by atoms with Crippen molar-refractivity contribution in [3.8, 4) is 0 Å². The second-order valence-corrected chi connectivity index (χ2v) is 1.41. The number of hydrogen-bond acceptors (Lipinski definition) is 1. The molecule has 0 aliphatic rings. The molecule has 0 aliphatic heterocycles. The molecule has 0 atom stereocenters. The van der Waals surface area contributed by atoms with Crippen molar-refractivity contribution in [2.24, 2.45) is 0 Å². The van der Waals surface area contributed by atoms with Crippen LogP contribution in [-0.4, -0.2) is 26.2 Å². The quantitative estimate of drug-likeness (QED) is 0.380. The average Bonchev–Trinajstić information content (AvgIpc) is 1.37. The van der Waals surface area contributed by atoms with Crippen LogP contribution in [0.1, 0.15) is 0 Å². The van der Waals surface area contributed by atoms with Gasteiger partial charge in [0.2, 0.25) is 0 Å². The molecule has 0 rings (SSSR count). The Balaban J connectivity index is 2.30. The number of hydrogen-bond donors (Lipinski definition) is 1. The van der Waals surface area contributed by atoms with Crippen LogP contribution in [0.25, 0.3) is 0 Å². The van der Waals surface area contributed by atoms with Gasteiger partial charge in [-0.25, -0.2) is 0 Å². The zero-order valence-electron chi connectivity index (χ0n) is 2.14. The van der Waals surface area contributed by atoms with Crippen LogP contribution < -0.4 is 0 Å². The molecule has 0 bridgehead atoms. The standard InChI is InChI=1S/C2H4SSe/c3-1-2-4/h2-3H,1H2. The van der Waals surface area contributed by atoms with Gasteiger partial charge in [-0.05, 0) is 0 Å². The third-order valence-corrected chi connectivity index (χ3v) is 1.16. The van der Waals surface area contributed by atoms with Crippen molar-refractivity contribution < 1.29 is 0 Å². The minimum atomic E-state index is 0.833. The van der Waals surface area contributed by atoms with Crippen molar-refractivity contribution in [1.82, 2.24) is 0 Å². The zero-order chi connectivity index (χ0) is 3.41. The Morgan fingerprint density at radius 1 is 2.00 bits per heavy atom. The first kappa shape index (κ1) is 4.74. The van der Waals surface area contributed by atoms with Crippen molar-refractivity contribution in [3.63, 3.8) is 0 Å². The van der Waals surface area contributed by atoms with Crippen LogP contribution in [0.3, 0.4) is 0 Å². The third-order valence-electron chi connectivity index (χ3n) is 0.0745. The Labute approximate surface area is 39.4 Å². The summed E-state index contributed by atoms with van der Waals surface area (Å²) in [6.45, 7) is 0. The summed E-state index contributed by atoms with van der Waals surface area (Å²) in [5.41, 5.74) is 0. The van der Waals surface area contributed by atoms with Gasteiger partial charge >= 0.3 is 38.9 Å². The summed E-state index contributed by atoms with van der Waals surface area (Å²) in [4.78, 5) is 1.86. The first-order chi connectivity index (χ1) is 1.91. The van der Waals surface area contributed by atoms with E-state index in [1.807, 2.05) is 4.92 Å². The summed E-state index contributed by atoms with van der Waals surface area (Å²) in [6.07, 6.45) is 0. The normalized spacial score (nSPS) is 6.25. The Bertz CT molecular complexity index is 20.0. The van der Waals surface area contributed by atoms with Gasteiger partial charge in [-0.2, -0.15) is 0 Å². The number of thiol groups is 1. The molecule has 0 N–H and O–H groups in total. The van der Waals surface area contributed by atoms with Crippen LogP contribution in [-0.2, 0) is 0 Å². The Morgan fingerprint density at radius 2 is 2.25 bits per heavy atom. The van der Waals surface area contributed by atoms with E-state index in [2.05, 4.69) is 28.2 Å². The molecule has 24 valence electrons. The third kappa shape index (κ3) is 2.74. The average molecular weight is 139 g/mol. The molecule has 0 heterocycles. The van der Waals surface area contributed by atoms with E-state index >= 15 is 0 Å². The molecule has 2 heteroatoms. The Hall–Kier alpha value is 0.739. The molecular formula is C2H4SSe. The first-order valence-electron chi connectivity index (χ1n) is 0.960. The van der Waals surface area contributed by atoms with Crippen molar-refractivity contribution in [3.05, 3.63) is 0 Å². The molecule has 0 aromatic rings. The number of rotatable bonds is 1. The molecule has 0 aromatic carbocycles. The summed E-state index contributed by atoms with van der Waals surface area (Å²) < 4.78 is 0. The van der Waals surface area contributed by atoms with Gasteiger partial charge in [0.25, 0.3) is 0 Å². The van der Waals surface area contributed by atoms with Gasteiger partial charge in [0, 0.05) is 0 Å². The van der Waals surface area contributed by atoms with Crippen LogP contribution in [0.15, 0.2) is 0 Å². The Kier molecular flexibility index (Phi) is 4.43. The molecule has 0 radical (unpaired) electrons. The van der Waals surface area contributed by atoms with E-state index in [-0.39, 0.29) is 0 Å². The molecular weight excluding hydrogens is 135 g/mol. The van der Waals surface area contributed by atoms with E-state index in [1.165, 1.54) is 0 Å². The van der Waals surface area contributed by atoms with E-state index in [0.29, 0.717) is 0 Å². The summed E-state index contributed by atoms with van der Waals surface area (Å²) >= 11 is 6.52. The van der Waals surface area contributed by atoms with Crippen LogP contribution in [0.4, 0.5) is 0 Å². The van der Waals surface area contributed by atoms with Crippen LogP contribution in [0, 0.1) is 0 Å². The van der Waals surface area contributed by atoms with Gasteiger partial charge in [0.15, 0.2) is 0 Å². The maximum absolute atomic E-state index is 3.83. The first-order valence-corrected chi connectivity index (χ1v) is 2.58. The van der Waals surface area contributed by atoms with E-state index in [1.54, 1.807) is 0 Å². The summed E-state index contributed by atoms with van der Waals surface area (Å²) in [5, 5.41) is 0. The molecule has 0 fully saturated rings. The second-order valence-electron chi connectivity index (χ2n) is 0.349. The molecule has 0 spiro atoms. The van der Waals surface area contributed by atoms with Crippen molar-refractivity contribution in [1.29, 1.82) is 0 Å². The van der Waals surface area contributed by atoms with E-state index in [9.17, 15) is 0 Å². The van der Waals surface area contributed by atoms with Gasteiger partial charge in [0.05, 0.1) is 0 Å². The summed E-state index contributed by atoms with van der Waals surface area (Å²) in [6, 6.07) is 0. The minimum absolute atomic E-state index is 0.833. The molecule has 0 saturated carbocycles. The van der Waals surface area contributed by atoms with Gasteiger partial charge in [-0.15, -0.1) is 0 Å². The maximum atomic E-state index is 3.83. The molecule has 0 unspecified atom stereocenters. The van der Waals surface area contributed by atoms with Gasteiger partial charge in [-0.1, -0.05) is 0 Å². The fourth-order valence-corrected chi connectivity index (χ4v) is 0. The van der Waals surface area contributed by atoms with Crippen LogP contribution in [0.5, 0.6) is 0 Å². The second kappa shape index (κ2) is 3.74. The summed E-state index contributed by atoms with van der Waals surface area (Å²) in [5.74, 6) is 0.833. The Morgan fingerprint density at radius 3 is 2.25 bits per heavy atom. The van der Waals surface area contributed by atoms with E-state index in [4.69, 9.17) is 0 Å². The molecule has 0 aliphatic carbocycles. The van der Waals surface area contributed by atoms with Gasteiger partial charge in [0.1, 0.15) is 0 Å². The predicted octanol–water partition coefficient (Wildman–Crippen LogP) is -0.113. The van der Waals surface area contributed by atoms with E-state index in [0.717, 1.165) is 5.75 Å². The summed E-state index contributed by atoms with van der Waals surface area (Å²) in [7, 11) is 0. The van der Waals surface area contributed by atoms with E-state index < -0.39 is 0 Å². The fourth-order valence-electron chi connectivity index (χ4n) is 0. The molecule has 0 amide bonds. The monoisotopic (exact) mass is 140 g/mol. The SMILES string of the molecule is SCC=[Se]. The van der Waals surface area contributed by atoms with Gasteiger partial charge < -0.3 is 0 Å². The zero-order valence-corrected chi connectivity index (χ0v) is 4.75.